The van der Waals surface area contributed by atoms with Crippen LogP contribution in [0.4, 0.5) is 10.1 Å². The minimum absolute atomic E-state index is 0.0263. The van der Waals surface area contributed by atoms with Crippen molar-refractivity contribution in [2.24, 2.45) is 0 Å². The number of halogens is 2. The molecule has 1 aromatic rings. The van der Waals surface area contributed by atoms with Gasteiger partial charge in [-0.25, -0.2) is 4.39 Å². The minimum Gasteiger partial charge on any atom is -0.480 e. The number of hydrogen-bond acceptors (Lipinski definition) is 3. The molecular formula is C11H9BrFNO3. The lowest BCUT2D eigenvalue weighted by atomic mass is 10.0. The Balaban J connectivity index is 2.50. The van der Waals surface area contributed by atoms with E-state index in [0.29, 0.717) is 15.8 Å². The molecule has 17 heavy (non-hydrogen) atoms. The van der Waals surface area contributed by atoms with Crippen LogP contribution in [0.3, 0.4) is 0 Å². The van der Waals surface area contributed by atoms with Gasteiger partial charge < -0.3 is 4.74 Å². The van der Waals surface area contributed by atoms with Crippen molar-refractivity contribution in [2.45, 2.75) is 12.5 Å². The van der Waals surface area contributed by atoms with Crippen LogP contribution in [0.5, 0.6) is 5.75 Å². The topological polar surface area (TPSA) is 52.4 Å². The maximum Gasteiger partial charge on any atom is 0.270 e. The summed E-state index contributed by atoms with van der Waals surface area (Å²) < 4.78 is 18.9. The molecule has 0 bridgehead atoms. The van der Waals surface area contributed by atoms with Gasteiger partial charge in [-0.05, 0) is 19.1 Å². The number of nitro benzene ring substituents is 1. The highest BCUT2D eigenvalue weighted by Crippen LogP contribution is 2.40. The second kappa shape index (κ2) is 4.10. The molecule has 1 aliphatic rings. The summed E-state index contributed by atoms with van der Waals surface area (Å²) in [6, 6.07) is 4.21. The lowest BCUT2D eigenvalue weighted by molar-refractivity contribution is -0.384. The van der Waals surface area contributed by atoms with E-state index in [1.54, 1.807) is 13.0 Å². The van der Waals surface area contributed by atoms with Gasteiger partial charge >= 0.3 is 0 Å². The Bertz CT molecular complexity index is 517. The minimum atomic E-state index is -1.03. The van der Waals surface area contributed by atoms with Crippen molar-refractivity contribution in [2.75, 3.05) is 6.67 Å². The van der Waals surface area contributed by atoms with E-state index in [1.807, 2.05) is 0 Å². The van der Waals surface area contributed by atoms with Crippen LogP contribution in [-0.4, -0.2) is 17.2 Å². The standard InChI is InChI=1S/C11H9BrFNO3/c1-11(6-13)5-9(12)8-4-7(14(15)16)2-3-10(8)17-11/h2-5H,6H2,1H3. The van der Waals surface area contributed by atoms with Crippen molar-refractivity contribution in [3.63, 3.8) is 0 Å². The first kappa shape index (κ1) is 12.0. The summed E-state index contributed by atoms with van der Waals surface area (Å²) in [5.74, 6) is 0.435. The van der Waals surface area contributed by atoms with Crippen LogP contribution in [-0.2, 0) is 0 Å². The summed E-state index contributed by atoms with van der Waals surface area (Å²) >= 11 is 3.28. The summed E-state index contributed by atoms with van der Waals surface area (Å²) in [5, 5.41) is 10.6. The summed E-state index contributed by atoms with van der Waals surface area (Å²) in [5.41, 5.74) is -0.492. The first-order valence-corrected chi connectivity index (χ1v) is 5.67. The van der Waals surface area contributed by atoms with Crippen LogP contribution in [0.2, 0.25) is 0 Å². The number of non-ortho nitro benzene ring substituents is 1. The molecule has 4 nitrogen and oxygen atoms in total. The Morgan fingerprint density at radius 3 is 2.88 bits per heavy atom. The average molecular weight is 302 g/mol. The lowest BCUT2D eigenvalue weighted by Gasteiger charge is -2.30. The second-order valence-electron chi connectivity index (χ2n) is 3.98. The van der Waals surface area contributed by atoms with Crippen LogP contribution in [0.25, 0.3) is 4.48 Å². The van der Waals surface area contributed by atoms with Gasteiger partial charge in [0.15, 0.2) is 5.60 Å². The van der Waals surface area contributed by atoms with Crippen molar-refractivity contribution in [3.8, 4) is 5.75 Å². The average Bonchev–Trinajstić information content (AvgIpc) is 2.28. The highest BCUT2D eigenvalue weighted by atomic mass is 79.9. The maximum absolute atomic E-state index is 12.8. The molecule has 0 amide bonds. The third kappa shape index (κ3) is 2.17. The number of benzene rings is 1. The molecule has 0 aliphatic carbocycles. The van der Waals surface area contributed by atoms with E-state index in [0.717, 1.165) is 0 Å². The molecule has 1 aromatic carbocycles. The Morgan fingerprint density at radius 2 is 2.29 bits per heavy atom. The third-order valence-corrected chi connectivity index (χ3v) is 3.13. The maximum atomic E-state index is 12.8. The second-order valence-corrected chi connectivity index (χ2v) is 4.83. The molecular weight excluding hydrogens is 293 g/mol. The van der Waals surface area contributed by atoms with E-state index in [9.17, 15) is 14.5 Å². The first-order chi connectivity index (χ1) is 7.95. The molecule has 2 rings (SSSR count). The van der Waals surface area contributed by atoms with Crippen LogP contribution < -0.4 is 4.74 Å². The van der Waals surface area contributed by atoms with E-state index in [2.05, 4.69) is 15.9 Å². The van der Waals surface area contributed by atoms with E-state index in [4.69, 9.17) is 4.74 Å². The summed E-state index contributed by atoms with van der Waals surface area (Å²) in [6.45, 7) is 0.942. The predicted molar refractivity (Wildman–Crippen MR) is 65.0 cm³/mol. The van der Waals surface area contributed by atoms with E-state index >= 15 is 0 Å². The van der Waals surface area contributed by atoms with Gasteiger partial charge in [-0.3, -0.25) is 10.1 Å². The Morgan fingerprint density at radius 1 is 1.59 bits per heavy atom. The number of nitrogens with zero attached hydrogens (tertiary/aromatic N) is 1. The largest absolute Gasteiger partial charge is 0.480 e. The fourth-order valence-corrected chi connectivity index (χ4v) is 2.39. The predicted octanol–water partition coefficient (Wildman–Crippen LogP) is 3.45. The Kier molecular flexibility index (Phi) is 2.91. The molecule has 90 valence electrons. The zero-order valence-electron chi connectivity index (χ0n) is 8.94. The molecule has 0 radical (unpaired) electrons. The van der Waals surface area contributed by atoms with Gasteiger partial charge in [-0.15, -0.1) is 0 Å². The molecule has 0 fully saturated rings. The number of ether oxygens (including phenoxy) is 1. The van der Waals surface area contributed by atoms with Gasteiger partial charge in [0.25, 0.3) is 5.69 Å². The van der Waals surface area contributed by atoms with E-state index < -0.39 is 17.2 Å². The van der Waals surface area contributed by atoms with Gasteiger partial charge in [0, 0.05) is 22.2 Å². The van der Waals surface area contributed by atoms with Crippen LogP contribution in [0, 0.1) is 10.1 Å². The highest BCUT2D eigenvalue weighted by molar-refractivity contribution is 9.15. The molecule has 0 saturated heterocycles. The molecule has 0 spiro atoms. The normalized spacial score (nSPS) is 22.4. The fraction of sp³-hybridized carbons (Fsp3) is 0.273. The van der Waals surface area contributed by atoms with Gasteiger partial charge in [0.1, 0.15) is 12.4 Å². The Hall–Kier alpha value is -1.43. The highest BCUT2D eigenvalue weighted by Gasteiger charge is 2.31. The van der Waals surface area contributed by atoms with Crippen molar-refractivity contribution >= 4 is 26.1 Å². The van der Waals surface area contributed by atoms with Crippen molar-refractivity contribution in [1.82, 2.24) is 0 Å². The smallest absolute Gasteiger partial charge is 0.270 e. The lowest BCUT2D eigenvalue weighted by Crippen LogP contribution is -2.34. The quantitative estimate of drug-likeness (QED) is 0.621. The number of fused-ring (bicyclic) bond motifs is 1. The molecule has 0 aromatic heterocycles. The molecule has 1 unspecified atom stereocenters. The summed E-state index contributed by atoms with van der Waals surface area (Å²) in [7, 11) is 0. The zero-order chi connectivity index (χ0) is 12.6. The summed E-state index contributed by atoms with van der Waals surface area (Å²) in [6.07, 6.45) is 1.57. The van der Waals surface area contributed by atoms with Crippen molar-refractivity contribution in [3.05, 3.63) is 40.0 Å². The van der Waals surface area contributed by atoms with Gasteiger partial charge in [-0.1, -0.05) is 15.9 Å². The monoisotopic (exact) mass is 301 g/mol. The van der Waals surface area contributed by atoms with Crippen LogP contribution in [0.1, 0.15) is 12.5 Å². The van der Waals surface area contributed by atoms with Gasteiger partial charge in [0.05, 0.1) is 4.92 Å². The van der Waals surface area contributed by atoms with E-state index in [1.165, 1.54) is 18.2 Å². The number of alkyl halides is 1. The van der Waals surface area contributed by atoms with E-state index in [-0.39, 0.29) is 5.69 Å². The SMILES string of the molecule is CC1(CF)C=C(Br)c2cc([N+](=O)[O-])ccc2O1. The Labute approximate surface area is 105 Å². The first-order valence-electron chi connectivity index (χ1n) is 4.87. The zero-order valence-corrected chi connectivity index (χ0v) is 10.5. The van der Waals surface area contributed by atoms with Crippen molar-refractivity contribution in [1.29, 1.82) is 0 Å². The number of nitro groups is 1. The molecule has 1 aliphatic heterocycles. The summed E-state index contributed by atoms with van der Waals surface area (Å²) in [4.78, 5) is 10.2. The van der Waals surface area contributed by atoms with Gasteiger partial charge in [-0.2, -0.15) is 0 Å². The van der Waals surface area contributed by atoms with Crippen molar-refractivity contribution < 1.29 is 14.1 Å². The van der Waals surface area contributed by atoms with Crippen LogP contribution in [0.15, 0.2) is 24.3 Å². The fourth-order valence-electron chi connectivity index (χ4n) is 1.60. The molecule has 1 heterocycles. The van der Waals surface area contributed by atoms with Gasteiger partial charge in [0.2, 0.25) is 0 Å². The third-order valence-electron chi connectivity index (χ3n) is 2.47. The number of rotatable bonds is 2. The molecule has 1 atom stereocenters. The molecule has 6 heteroatoms. The molecule has 0 saturated carbocycles. The van der Waals surface area contributed by atoms with Crippen LogP contribution >= 0.6 is 15.9 Å². The molecule has 0 N–H and O–H groups in total. The number of hydrogen-bond donors (Lipinski definition) is 0.